The number of carbonyl (C=O) groups excluding carboxylic acids is 1. The molecule has 4 aliphatic rings. The van der Waals surface area contributed by atoms with Gasteiger partial charge in [0.1, 0.15) is 0 Å². The predicted octanol–water partition coefficient (Wildman–Crippen LogP) is 8.43. The van der Waals surface area contributed by atoms with Gasteiger partial charge in [0.2, 0.25) is 5.91 Å². The molecule has 0 unspecified atom stereocenters. The van der Waals surface area contributed by atoms with Gasteiger partial charge in [0.25, 0.3) is 0 Å². The van der Waals surface area contributed by atoms with Gasteiger partial charge < -0.3 is 15.5 Å². The number of hydrogen-bond acceptors (Lipinski definition) is 3. The number of aliphatic hydroxyl groups excluding tert-OH is 2. The average Bonchev–Trinajstić information content (AvgIpc) is 3.28. The molecule has 0 spiro atoms. The molecule has 0 aliphatic heterocycles. The van der Waals surface area contributed by atoms with Crippen LogP contribution in [0.3, 0.4) is 0 Å². The van der Waals surface area contributed by atoms with Crippen molar-refractivity contribution in [1.82, 2.24) is 5.32 Å². The van der Waals surface area contributed by atoms with Crippen LogP contribution in [0.1, 0.15) is 156 Å². The zero-order valence-electron chi connectivity index (χ0n) is 26.8. The molecule has 4 heteroatoms. The van der Waals surface area contributed by atoms with Gasteiger partial charge in [-0.25, -0.2) is 0 Å². The van der Waals surface area contributed by atoms with Gasteiger partial charge in [-0.2, -0.15) is 0 Å². The summed E-state index contributed by atoms with van der Waals surface area (Å²) in [5.41, 5.74) is 0.589. The SMILES string of the molecule is CCCCCCCCCCCCNC(=O)CC[C@@H](C)[C@H]1CC[C@H]2[C@@H]3[C@H](O)C[C@@H]4C[C@H](O)CC[C@]4(C)[C@H]3CC[C@]12C. The summed E-state index contributed by atoms with van der Waals surface area (Å²) >= 11 is 0. The Morgan fingerprint density at radius 1 is 0.825 bits per heavy atom. The van der Waals surface area contributed by atoms with Crippen LogP contribution in [-0.2, 0) is 4.79 Å². The Balaban J connectivity index is 1.17. The molecule has 4 saturated carbocycles. The van der Waals surface area contributed by atoms with Crippen molar-refractivity contribution in [3.05, 3.63) is 0 Å². The molecule has 0 aromatic heterocycles. The van der Waals surface area contributed by atoms with E-state index in [4.69, 9.17) is 0 Å². The first-order chi connectivity index (χ1) is 19.2. The van der Waals surface area contributed by atoms with E-state index >= 15 is 0 Å². The highest BCUT2D eigenvalue weighted by atomic mass is 16.3. The normalized spacial score (nSPS) is 39.7. The summed E-state index contributed by atoms with van der Waals surface area (Å²) < 4.78 is 0. The quantitative estimate of drug-likeness (QED) is 0.176. The van der Waals surface area contributed by atoms with Gasteiger partial charge in [0, 0.05) is 13.0 Å². The fourth-order valence-corrected chi connectivity index (χ4v) is 10.7. The summed E-state index contributed by atoms with van der Waals surface area (Å²) in [6, 6.07) is 0. The van der Waals surface area contributed by atoms with Crippen molar-refractivity contribution in [1.29, 1.82) is 0 Å². The molecule has 4 nitrogen and oxygen atoms in total. The second kappa shape index (κ2) is 14.7. The Kier molecular flexibility index (Phi) is 11.9. The van der Waals surface area contributed by atoms with E-state index in [-0.39, 0.29) is 18.1 Å². The smallest absolute Gasteiger partial charge is 0.220 e. The molecule has 3 N–H and O–H groups in total. The number of aliphatic hydroxyl groups is 2. The first-order valence-electron chi connectivity index (χ1n) is 17.8. The molecule has 0 radical (unpaired) electrons. The highest BCUT2D eigenvalue weighted by Gasteiger charge is 2.62. The first-order valence-corrected chi connectivity index (χ1v) is 17.8. The third-order valence-corrected chi connectivity index (χ3v) is 13.1. The van der Waals surface area contributed by atoms with E-state index in [1.807, 2.05) is 0 Å². The molecule has 0 heterocycles. The third-order valence-electron chi connectivity index (χ3n) is 13.1. The Hall–Kier alpha value is -0.610. The molecular formula is C36H65NO3. The summed E-state index contributed by atoms with van der Waals surface area (Å²) in [5.74, 6) is 3.60. The molecule has 0 aromatic carbocycles. The van der Waals surface area contributed by atoms with E-state index in [0.29, 0.717) is 52.8 Å². The van der Waals surface area contributed by atoms with Crippen LogP contribution in [0, 0.1) is 46.3 Å². The van der Waals surface area contributed by atoms with Crippen LogP contribution in [-0.4, -0.2) is 34.9 Å². The number of nitrogens with one attached hydrogen (secondary N) is 1. The highest BCUT2D eigenvalue weighted by molar-refractivity contribution is 5.75. The molecule has 4 fully saturated rings. The minimum absolute atomic E-state index is 0.167. The van der Waals surface area contributed by atoms with Gasteiger partial charge in [-0.3, -0.25) is 4.79 Å². The maximum atomic E-state index is 12.6. The van der Waals surface area contributed by atoms with Crippen molar-refractivity contribution in [2.75, 3.05) is 6.54 Å². The topological polar surface area (TPSA) is 69.6 Å². The average molecular weight is 560 g/mol. The van der Waals surface area contributed by atoms with Crippen LogP contribution >= 0.6 is 0 Å². The van der Waals surface area contributed by atoms with Gasteiger partial charge in [-0.1, -0.05) is 85.5 Å². The number of unbranched alkanes of at least 4 members (excludes halogenated alkanes) is 9. The van der Waals surface area contributed by atoms with E-state index < -0.39 is 0 Å². The van der Waals surface area contributed by atoms with Crippen LogP contribution in [0.15, 0.2) is 0 Å². The van der Waals surface area contributed by atoms with E-state index in [0.717, 1.165) is 45.1 Å². The fraction of sp³-hybridized carbons (Fsp3) is 0.972. The standard InChI is InChI=1S/C36H65NO3/c1-5-6-7-8-9-10-11-12-13-14-23-37-33(40)18-15-26(2)29-16-17-30-34-31(20-22-36(29,30)4)35(3)21-19-28(38)24-27(35)25-32(34)39/h26-32,34,38-39H,5-25H2,1-4H3,(H,37,40)/t26-,27+,28-,29-,30+,31+,32-,34+,35+,36-/m1/s1. The first kappa shape index (κ1) is 32.3. The maximum absolute atomic E-state index is 12.6. The largest absolute Gasteiger partial charge is 0.393 e. The Bertz CT molecular complexity index is 786. The lowest BCUT2D eigenvalue weighted by atomic mass is 9.43. The summed E-state index contributed by atoms with van der Waals surface area (Å²) in [6.07, 6.45) is 23.4. The number of amides is 1. The molecule has 232 valence electrons. The van der Waals surface area contributed by atoms with Gasteiger partial charge in [-0.05, 0) is 111 Å². The summed E-state index contributed by atoms with van der Waals surface area (Å²) in [4.78, 5) is 12.6. The van der Waals surface area contributed by atoms with Crippen LogP contribution in [0.4, 0.5) is 0 Å². The lowest BCUT2D eigenvalue weighted by Gasteiger charge is -2.62. The lowest BCUT2D eigenvalue weighted by molar-refractivity contribution is -0.174. The van der Waals surface area contributed by atoms with Gasteiger partial charge >= 0.3 is 0 Å². The van der Waals surface area contributed by atoms with Crippen molar-refractivity contribution in [2.24, 2.45) is 46.3 Å². The molecule has 0 aromatic rings. The van der Waals surface area contributed by atoms with Crippen LogP contribution in [0.2, 0.25) is 0 Å². The zero-order valence-corrected chi connectivity index (χ0v) is 26.8. The van der Waals surface area contributed by atoms with Gasteiger partial charge in [-0.15, -0.1) is 0 Å². The molecule has 40 heavy (non-hydrogen) atoms. The number of carbonyl (C=O) groups is 1. The van der Waals surface area contributed by atoms with Crippen molar-refractivity contribution >= 4 is 5.91 Å². The molecule has 10 atom stereocenters. The molecule has 0 saturated heterocycles. The van der Waals surface area contributed by atoms with Crippen LogP contribution < -0.4 is 5.32 Å². The fourth-order valence-electron chi connectivity index (χ4n) is 10.7. The van der Waals surface area contributed by atoms with Crippen molar-refractivity contribution < 1.29 is 15.0 Å². The van der Waals surface area contributed by atoms with E-state index in [9.17, 15) is 15.0 Å². The number of fused-ring (bicyclic) bond motifs is 5. The maximum Gasteiger partial charge on any atom is 0.220 e. The van der Waals surface area contributed by atoms with E-state index in [1.165, 1.54) is 83.5 Å². The minimum Gasteiger partial charge on any atom is -0.393 e. The molecular weight excluding hydrogens is 494 g/mol. The zero-order chi connectivity index (χ0) is 28.8. The van der Waals surface area contributed by atoms with Gasteiger partial charge in [0.05, 0.1) is 12.2 Å². The molecule has 4 rings (SSSR count). The Morgan fingerprint density at radius 2 is 1.45 bits per heavy atom. The van der Waals surface area contributed by atoms with Gasteiger partial charge in [0.15, 0.2) is 0 Å². The van der Waals surface area contributed by atoms with Crippen molar-refractivity contribution in [3.8, 4) is 0 Å². The van der Waals surface area contributed by atoms with E-state index in [2.05, 4.69) is 33.0 Å². The monoisotopic (exact) mass is 559 g/mol. The second-order valence-electron chi connectivity index (χ2n) is 15.5. The molecule has 1 amide bonds. The molecule has 0 bridgehead atoms. The Morgan fingerprint density at radius 3 is 2.15 bits per heavy atom. The second-order valence-corrected chi connectivity index (χ2v) is 15.5. The number of hydrogen-bond donors (Lipinski definition) is 3. The Labute approximate surface area is 247 Å². The van der Waals surface area contributed by atoms with E-state index in [1.54, 1.807) is 0 Å². The summed E-state index contributed by atoms with van der Waals surface area (Å²) in [6.45, 7) is 10.6. The summed E-state index contributed by atoms with van der Waals surface area (Å²) in [7, 11) is 0. The highest BCUT2D eigenvalue weighted by Crippen LogP contribution is 2.68. The summed E-state index contributed by atoms with van der Waals surface area (Å²) in [5, 5.41) is 25.0. The third kappa shape index (κ3) is 7.29. The van der Waals surface area contributed by atoms with Crippen LogP contribution in [0.5, 0.6) is 0 Å². The van der Waals surface area contributed by atoms with Crippen molar-refractivity contribution in [3.63, 3.8) is 0 Å². The minimum atomic E-state index is -0.205. The number of rotatable bonds is 15. The van der Waals surface area contributed by atoms with Crippen molar-refractivity contribution in [2.45, 2.75) is 168 Å². The predicted molar refractivity (Wildman–Crippen MR) is 166 cm³/mol. The lowest BCUT2D eigenvalue weighted by Crippen LogP contribution is -2.58. The molecule has 4 aliphatic carbocycles. The van der Waals surface area contributed by atoms with Crippen LogP contribution in [0.25, 0.3) is 0 Å².